The second-order valence-corrected chi connectivity index (χ2v) is 14.9. The number of methoxy groups -OCH3 is 2. The van der Waals surface area contributed by atoms with E-state index in [9.17, 15) is 9.59 Å². The summed E-state index contributed by atoms with van der Waals surface area (Å²) in [5, 5.41) is 0. The Balaban J connectivity index is 1.79. The van der Waals surface area contributed by atoms with Crippen molar-refractivity contribution in [2.24, 2.45) is 0 Å². The van der Waals surface area contributed by atoms with Gasteiger partial charge in [-0.05, 0) is 0 Å². The third-order valence-electron chi connectivity index (χ3n) is 3.05. The molecule has 26 heavy (non-hydrogen) atoms. The summed E-state index contributed by atoms with van der Waals surface area (Å²) in [5.74, 6) is 0.543. The first-order valence-corrected chi connectivity index (χ1v) is 17.2. The number of carbonyl (C=O) groups is 2. The van der Waals surface area contributed by atoms with Gasteiger partial charge >= 0.3 is 169 Å². The van der Waals surface area contributed by atoms with E-state index in [0.717, 1.165) is 0 Å². The van der Waals surface area contributed by atoms with E-state index in [2.05, 4.69) is 33.7 Å². The zero-order valence-electron chi connectivity index (χ0n) is 14.3. The average molecular weight is 586 g/mol. The number of hydrogen-bond acceptors (Lipinski definition) is 6. The van der Waals surface area contributed by atoms with E-state index < -0.39 is 11.9 Å². The van der Waals surface area contributed by atoms with Crippen molar-refractivity contribution in [2.45, 2.75) is 0 Å². The molecule has 0 aromatic heterocycles. The van der Waals surface area contributed by atoms with Crippen LogP contribution in [0.15, 0.2) is 48.5 Å². The van der Waals surface area contributed by atoms with Crippen LogP contribution in [0, 0.1) is 0 Å². The molecule has 6 nitrogen and oxygen atoms in total. The average Bonchev–Trinajstić information content (AvgIpc) is 2.70. The van der Waals surface area contributed by atoms with E-state index in [1.54, 1.807) is 0 Å². The van der Waals surface area contributed by atoms with Gasteiger partial charge in [0, 0.05) is 0 Å². The minimum atomic E-state index is -0.395. The summed E-state index contributed by atoms with van der Waals surface area (Å²) in [5.41, 5.74) is 0. The molecule has 8 heteroatoms. The molecule has 0 fully saturated rings. The summed E-state index contributed by atoms with van der Waals surface area (Å²) in [4.78, 5) is 22.1. The van der Waals surface area contributed by atoms with E-state index in [1.165, 1.54) is 21.4 Å². The summed E-state index contributed by atoms with van der Waals surface area (Å²) in [6.45, 7) is -0.156. The van der Waals surface area contributed by atoms with Gasteiger partial charge in [-0.3, -0.25) is 0 Å². The second-order valence-electron chi connectivity index (χ2n) is 4.84. The summed E-state index contributed by atoms with van der Waals surface area (Å²) >= 11 is -0.493. The Hall–Kier alpha value is -1.44. The Morgan fingerprint density at radius 2 is 1.04 bits per heavy atom. The van der Waals surface area contributed by atoms with Crippen LogP contribution in [0.5, 0.6) is 11.5 Å². The summed E-state index contributed by atoms with van der Waals surface area (Å²) < 4.78 is 22.5. The molecule has 0 amide bonds. The molecule has 0 saturated carbocycles. The van der Waals surface area contributed by atoms with Crippen LogP contribution < -0.4 is 16.7 Å². The van der Waals surface area contributed by atoms with Crippen molar-refractivity contribution in [3.8, 4) is 11.5 Å². The van der Waals surface area contributed by atoms with Crippen LogP contribution in [-0.4, -0.2) is 73.5 Å². The van der Waals surface area contributed by atoms with Gasteiger partial charge < -0.3 is 0 Å². The van der Waals surface area contributed by atoms with Crippen molar-refractivity contribution in [1.29, 1.82) is 0 Å². The van der Waals surface area contributed by atoms with Crippen molar-refractivity contribution >= 4 is 53.3 Å². The maximum atomic E-state index is 11.1. The molecule has 0 aliphatic heterocycles. The van der Waals surface area contributed by atoms with Gasteiger partial charge in [0.15, 0.2) is 0 Å². The summed E-state index contributed by atoms with van der Waals surface area (Å²) in [7, 11) is 2.67. The third kappa shape index (κ3) is 7.43. The molecule has 0 aliphatic carbocycles. The molecule has 0 spiro atoms. The zero-order valence-corrected chi connectivity index (χ0v) is 19.0. The number of benzene rings is 2. The van der Waals surface area contributed by atoms with Gasteiger partial charge in [0.05, 0.1) is 0 Å². The predicted molar refractivity (Wildman–Crippen MR) is 98.7 cm³/mol. The molecule has 0 saturated heterocycles. The van der Waals surface area contributed by atoms with E-state index in [1.807, 2.05) is 24.3 Å². The monoisotopic (exact) mass is 590 g/mol. The van der Waals surface area contributed by atoms with Gasteiger partial charge in [0.2, 0.25) is 0 Å². The molecular weight excluding hydrogens is 567 g/mol. The van der Waals surface area contributed by atoms with Gasteiger partial charge in [-0.15, -0.1) is 0 Å². The molecule has 0 N–H and O–H groups in total. The Kier molecular flexibility index (Phi) is 9.08. The van der Waals surface area contributed by atoms with Crippen LogP contribution >= 0.6 is 0 Å². The van der Waals surface area contributed by atoms with Crippen LogP contribution in [0.25, 0.3) is 0 Å². The quantitative estimate of drug-likeness (QED) is 0.307. The van der Waals surface area contributed by atoms with Crippen molar-refractivity contribution < 1.29 is 28.5 Å². The zero-order chi connectivity index (χ0) is 18.8. The molecule has 0 bridgehead atoms. The Labute approximate surface area is 168 Å². The number of carbonyl (C=O) groups excluding carboxylic acids is 2. The molecule has 0 atom stereocenters. The van der Waals surface area contributed by atoms with Crippen LogP contribution in [0.2, 0.25) is 0 Å². The topological polar surface area (TPSA) is 71.1 Å². The normalized spacial score (nSPS) is 10.1. The van der Waals surface area contributed by atoms with Crippen molar-refractivity contribution in [1.82, 2.24) is 0 Å². The van der Waals surface area contributed by atoms with Gasteiger partial charge in [-0.1, -0.05) is 0 Å². The van der Waals surface area contributed by atoms with Gasteiger partial charge in [-0.25, -0.2) is 0 Å². The number of hydrogen-bond donors (Lipinski definition) is 0. The fourth-order valence-corrected chi connectivity index (χ4v) is 11.6. The van der Waals surface area contributed by atoms with Crippen molar-refractivity contribution in [3.05, 3.63) is 48.5 Å². The van der Waals surface area contributed by atoms with Crippen molar-refractivity contribution in [3.63, 3.8) is 0 Å². The molecule has 138 valence electrons. The standard InChI is InChI=1S/C18H18O6Te2/c1-21-17(19)11-23-13-3-7-15(8-4-13)25-26-16-9-5-14(6-10-16)24-12-18(20)22-2/h3-10H,11-12H2,1-2H3. The summed E-state index contributed by atoms with van der Waals surface area (Å²) in [6.07, 6.45) is 0. The molecular formula is C18H18O6Te2. The van der Waals surface area contributed by atoms with Crippen LogP contribution in [-0.2, 0) is 19.1 Å². The molecule has 0 radical (unpaired) electrons. The van der Waals surface area contributed by atoms with Gasteiger partial charge in [0.25, 0.3) is 0 Å². The fourth-order valence-electron chi connectivity index (χ4n) is 1.68. The maximum absolute atomic E-state index is 11.1. The SMILES string of the molecule is COC(=O)COc1ccc([Te][Te]c2ccc(OCC(=O)OC)cc2)cc1. The van der Waals surface area contributed by atoms with Crippen LogP contribution in [0.3, 0.4) is 0 Å². The molecule has 0 heterocycles. The van der Waals surface area contributed by atoms with Gasteiger partial charge in [-0.2, -0.15) is 0 Å². The number of ether oxygens (including phenoxy) is 4. The van der Waals surface area contributed by atoms with E-state index >= 15 is 0 Å². The molecule has 0 unspecified atom stereocenters. The first-order valence-electron chi connectivity index (χ1n) is 7.54. The second kappa shape index (κ2) is 11.3. The first-order chi connectivity index (χ1) is 12.6. The predicted octanol–water partition coefficient (Wildman–Crippen LogP) is 0.0644. The Morgan fingerprint density at radius 1 is 0.692 bits per heavy atom. The molecule has 2 aromatic rings. The Morgan fingerprint density at radius 3 is 1.35 bits per heavy atom. The van der Waals surface area contributed by atoms with E-state index in [-0.39, 0.29) is 47.3 Å². The first kappa shape index (κ1) is 20.9. The van der Waals surface area contributed by atoms with Crippen molar-refractivity contribution in [2.75, 3.05) is 27.4 Å². The number of rotatable bonds is 9. The Bertz CT molecular complexity index is 652. The molecule has 2 rings (SSSR count). The minimum absolute atomic E-state index is 0.0782. The fraction of sp³-hybridized carbons (Fsp3) is 0.222. The molecule has 0 aliphatic rings. The van der Waals surface area contributed by atoms with E-state index in [4.69, 9.17) is 9.47 Å². The van der Waals surface area contributed by atoms with Crippen LogP contribution in [0.1, 0.15) is 0 Å². The van der Waals surface area contributed by atoms with E-state index in [0.29, 0.717) is 11.5 Å². The summed E-state index contributed by atoms with van der Waals surface area (Å²) in [6, 6.07) is 15.8. The van der Waals surface area contributed by atoms with Crippen LogP contribution in [0.4, 0.5) is 0 Å². The van der Waals surface area contributed by atoms with Gasteiger partial charge in [0.1, 0.15) is 0 Å². The molecule has 2 aromatic carbocycles. The third-order valence-corrected chi connectivity index (χ3v) is 14.9. The number of esters is 2.